The fourth-order valence-corrected chi connectivity index (χ4v) is 3.22. The second-order valence-electron chi connectivity index (χ2n) is 6.23. The van der Waals surface area contributed by atoms with Crippen molar-refractivity contribution in [3.8, 4) is 5.69 Å². The van der Waals surface area contributed by atoms with Gasteiger partial charge in [0.25, 0.3) is 0 Å². The van der Waals surface area contributed by atoms with Gasteiger partial charge in [-0.1, -0.05) is 0 Å². The van der Waals surface area contributed by atoms with E-state index in [0.717, 1.165) is 22.6 Å². The van der Waals surface area contributed by atoms with Gasteiger partial charge >= 0.3 is 6.09 Å². The van der Waals surface area contributed by atoms with E-state index in [1.165, 1.54) is 6.92 Å². The summed E-state index contributed by atoms with van der Waals surface area (Å²) < 4.78 is 13.2. The van der Waals surface area contributed by atoms with Crippen molar-refractivity contribution in [1.29, 1.82) is 0 Å². The summed E-state index contributed by atoms with van der Waals surface area (Å²) in [5.74, 6) is -0.140. The van der Waals surface area contributed by atoms with Crippen LogP contribution in [0.3, 0.4) is 0 Å². The monoisotopic (exact) mass is 341 g/mol. The highest BCUT2D eigenvalue weighted by Gasteiger charge is 2.32. The molecule has 0 bridgehead atoms. The lowest BCUT2D eigenvalue weighted by Crippen LogP contribution is -2.33. The van der Waals surface area contributed by atoms with E-state index in [0.29, 0.717) is 26.3 Å². The number of hydrogen-bond acceptors (Lipinski definition) is 4. The van der Waals surface area contributed by atoms with Crippen molar-refractivity contribution in [3.05, 3.63) is 47.8 Å². The number of carbonyl (C=O) groups is 2. The molecule has 4 rings (SSSR count). The number of ether oxygens (including phenoxy) is 2. The summed E-state index contributed by atoms with van der Waals surface area (Å²) >= 11 is 0. The van der Waals surface area contributed by atoms with Gasteiger partial charge in [-0.3, -0.25) is 9.69 Å². The summed E-state index contributed by atoms with van der Waals surface area (Å²) in [6.45, 7) is 3.22. The molecule has 2 aliphatic rings. The zero-order chi connectivity index (χ0) is 17.4. The number of aromatic nitrogens is 1. The molecule has 0 saturated carbocycles. The normalized spacial score (nSPS) is 19.0. The number of carbonyl (C=O) groups excluding carboxylic acids is 2. The van der Waals surface area contributed by atoms with Gasteiger partial charge < -0.3 is 19.4 Å². The smallest absolute Gasteiger partial charge is 0.414 e. The van der Waals surface area contributed by atoms with Gasteiger partial charge in [0.1, 0.15) is 6.10 Å². The molecular formula is C18H19N3O4. The van der Waals surface area contributed by atoms with Crippen LogP contribution in [0.25, 0.3) is 5.69 Å². The number of hydrogen-bond donors (Lipinski definition) is 1. The summed E-state index contributed by atoms with van der Waals surface area (Å²) in [5.41, 5.74) is 3.95. The van der Waals surface area contributed by atoms with E-state index in [4.69, 9.17) is 9.47 Å². The van der Waals surface area contributed by atoms with Crippen molar-refractivity contribution >= 4 is 17.7 Å². The first-order valence-electron chi connectivity index (χ1n) is 8.21. The molecular weight excluding hydrogens is 322 g/mol. The highest BCUT2D eigenvalue weighted by atomic mass is 16.6. The van der Waals surface area contributed by atoms with E-state index in [2.05, 4.69) is 9.88 Å². The molecule has 0 spiro atoms. The van der Waals surface area contributed by atoms with E-state index in [1.54, 1.807) is 4.90 Å². The molecule has 7 heteroatoms. The topological polar surface area (TPSA) is 72.8 Å². The van der Waals surface area contributed by atoms with Crippen LogP contribution in [0.5, 0.6) is 0 Å². The fraction of sp³-hybridized carbons (Fsp3) is 0.333. The van der Waals surface area contributed by atoms with E-state index in [1.807, 2.05) is 36.5 Å². The molecule has 7 nitrogen and oxygen atoms in total. The van der Waals surface area contributed by atoms with Gasteiger partial charge in [-0.25, -0.2) is 4.79 Å². The fourth-order valence-electron chi connectivity index (χ4n) is 3.22. The Hall–Kier alpha value is -2.80. The maximum absolute atomic E-state index is 12.2. The minimum absolute atomic E-state index is 0.140. The quantitative estimate of drug-likeness (QED) is 0.926. The summed E-state index contributed by atoms with van der Waals surface area (Å²) in [6, 6.07) is 9.90. The summed E-state index contributed by atoms with van der Waals surface area (Å²) in [5, 5.41) is 2.68. The molecule has 3 heterocycles. The zero-order valence-corrected chi connectivity index (χ0v) is 13.9. The molecule has 2 amide bonds. The van der Waals surface area contributed by atoms with Gasteiger partial charge in [-0.05, 0) is 30.3 Å². The van der Waals surface area contributed by atoms with Crippen LogP contribution in [0, 0.1) is 0 Å². The largest absolute Gasteiger partial charge is 0.442 e. The molecule has 0 unspecified atom stereocenters. The van der Waals surface area contributed by atoms with Crippen molar-refractivity contribution in [1.82, 2.24) is 9.88 Å². The third kappa shape index (κ3) is 2.98. The Morgan fingerprint density at radius 2 is 2.20 bits per heavy atom. The van der Waals surface area contributed by atoms with Crippen LogP contribution in [0.1, 0.15) is 18.2 Å². The Morgan fingerprint density at radius 1 is 1.32 bits per heavy atom. The first-order chi connectivity index (χ1) is 12.1. The van der Waals surface area contributed by atoms with E-state index in [9.17, 15) is 9.59 Å². The zero-order valence-electron chi connectivity index (χ0n) is 13.9. The average molecular weight is 341 g/mol. The van der Waals surface area contributed by atoms with Crippen LogP contribution in [-0.2, 0) is 27.5 Å². The molecule has 2 aliphatic heterocycles. The molecule has 0 aliphatic carbocycles. The molecule has 130 valence electrons. The number of nitrogens with zero attached hydrogens (tertiary/aromatic N) is 2. The van der Waals surface area contributed by atoms with Crippen molar-refractivity contribution in [2.45, 2.75) is 26.2 Å². The number of fused-ring (bicyclic) bond motifs is 3. The molecule has 1 saturated heterocycles. The van der Waals surface area contributed by atoms with Gasteiger partial charge in [0.15, 0.2) is 0 Å². The maximum atomic E-state index is 12.2. The Bertz CT molecular complexity index is 829. The van der Waals surface area contributed by atoms with Crippen molar-refractivity contribution in [3.63, 3.8) is 0 Å². The van der Waals surface area contributed by atoms with Gasteiger partial charge in [0.2, 0.25) is 5.91 Å². The molecule has 25 heavy (non-hydrogen) atoms. The van der Waals surface area contributed by atoms with Crippen LogP contribution in [0.2, 0.25) is 0 Å². The minimum atomic E-state index is -0.397. The standard InChI is InChI=1S/C18H19N3O4/c1-12(22)19-8-16-9-21(18(23)25-16)14-4-5-17-13(7-14)10-24-11-15-3-2-6-20(15)17/h2-7,16H,8-11H2,1H3,(H,19,22)/t16-/m0/s1. The summed E-state index contributed by atoms with van der Waals surface area (Å²) in [7, 11) is 0. The third-order valence-electron chi connectivity index (χ3n) is 4.43. The molecule has 1 aromatic carbocycles. The second-order valence-corrected chi connectivity index (χ2v) is 6.23. The Morgan fingerprint density at radius 3 is 3.04 bits per heavy atom. The van der Waals surface area contributed by atoms with Crippen molar-refractivity contribution in [2.24, 2.45) is 0 Å². The van der Waals surface area contributed by atoms with Crippen molar-refractivity contribution < 1.29 is 19.1 Å². The molecule has 1 atom stereocenters. The lowest BCUT2D eigenvalue weighted by Gasteiger charge is -2.16. The first-order valence-corrected chi connectivity index (χ1v) is 8.21. The Kier molecular flexibility index (Phi) is 3.93. The van der Waals surface area contributed by atoms with Gasteiger partial charge in [-0.15, -0.1) is 0 Å². The SMILES string of the molecule is CC(=O)NC[C@H]1CN(c2ccc3c(c2)COCc2cccn2-3)C(=O)O1. The number of amides is 2. The van der Waals surface area contributed by atoms with Gasteiger partial charge in [-0.2, -0.15) is 0 Å². The lowest BCUT2D eigenvalue weighted by molar-refractivity contribution is -0.119. The number of benzene rings is 1. The highest BCUT2D eigenvalue weighted by Crippen LogP contribution is 2.29. The maximum Gasteiger partial charge on any atom is 0.414 e. The Labute approximate surface area is 145 Å². The molecule has 1 aromatic heterocycles. The van der Waals surface area contributed by atoms with Gasteiger partial charge in [0, 0.05) is 30.1 Å². The molecule has 1 fully saturated rings. The predicted octanol–water partition coefficient (Wildman–Crippen LogP) is 1.97. The summed E-state index contributed by atoms with van der Waals surface area (Å²) in [6.07, 6.45) is 1.27. The van der Waals surface area contributed by atoms with Crippen LogP contribution in [-0.4, -0.2) is 35.8 Å². The van der Waals surface area contributed by atoms with Crippen LogP contribution in [0.15, 0.2) is 36.5 Å². The van der Waals surface area contributed by atoms with E-state index >= 15 is 0 Å². The number of nitrogens with one attached hydrogen (secondary N) is 1. The molecule has 2 aromatic rings. The number of rotatable bonds is 3. The highest BCUT2D eigenvalue weighted by molar-refractivity contribution is 5.90. The van der Waals surface area contributed by atoms with E-state index in [-0.39, 0.29) is 12.0 Å². The number of cyclic esters (lactones) is 1. The predicted molar refractivity (Wildman–Crippen MR) is 90.6 cm³/mol. The minimum Gasteiger partial charge on any atom is -0.442 e. The summed E-state index contributed by atoms with van der Waals surface area (Å²) in [4.78, 5) is 24.8. The average Bonchev–Trinajstić information content (AvgIpc) is 3.15. The van der Waals surface area contributed by atoms with Crippen LogP contribution < -0.4 is 10.2 Å². The van der Waals surface area contributed by atoms with E-state index < -0.39 is 6.09 Å². The molecule has 1 N–H and O–H groups in total. The van der Waals surface area contributed by atoms with Gasteiger partial charge in [0.05, 0.1) is 32.0 Å². The lowest BCUT2D eigenvalue weighted by atomic mass is 10.1. The molecule has 0 radical (unpaired) electrons. The number of anilines is 1. The van der Waals surface area contributed by atoms with Crippen LogP contribution in [0.4, 0.5) is 10.5 Å². The third-order valence-corrected chi connectivity index (χ3v) is 4.43. The second kappa shape index (κ2) is 6.25. The Balaban J connectivity index is 1.58. The van der Waals surface area contributed by atoms with Crippen LogP contribution >= 0.6 is 0 Å². The van der Waals surface area contributed by atoms with Crippen molar-refractivity contribution in [2.75, 3.05) is 18.0 Å². The first kappa shape index (κ1) is 15.7.